The Balaban J connectivity index is 1.38. The Labute approximate surface area is 179 Å². The molecule has 3 aromatic rings. The van der Waals surface area contributed by atoms with Crippen molar-refractivity contribution in [1.29, 1.82) is 0 Å². The monoisotopic (exact) mass is 422 g/mol. The van der Waals surface area contributed by atoms with Gasteiger partial charge in [0.25, 0.3) is 5.91 Å². The predicted molar refractivity (Wildman–Crippen MR) is 115 cm³/mol. The maximum atomic E-state index is 14.0. The first-order valence-electron chi connectivity index (χ1n) is 10.5. The van der Waals surface area contributed by atoms with Crippen molar-refractivity contribution < 1.29 is 18.4 Å². The number of likely N-dealkylation sites (tertiary alicyclic amines) is 1. The zero-order chi connectivity index (χ0) is 22.0. The molecule has 0 saturated carbocycles. The third kappa shape index (κ3) is 4.43. The summed E-state index contributed by atoms with van der Waals surface area (Å²) in [7, 11) is 0. The fraction of sp³-hybridized carbons (Fsp3) is 0.280. The number of nitrogens with zero attached hydrogens (tertiary/aromatic N) is 1. The van der Waals surface area contributed by atoms with Crippen molar-refractivity contribution in [2.24, 2.45) is 5.92 Å². The van der Waals surface area contributed by atoms with Crippen LogP contribution in [0, 0.1) is 17.6 Å². The zero-order valence-electron chi connectivity index (χ0n) is 17.3. The molecule has 1 aliphatic heterocycles. The van der Waals surface area contributed by atoms with E-state index < -0.39 is 17.7 Å². The van der Waals surface area contributed by atoms with E-state index in [9.17, 15) is 18.4 Å². The van der Waals surface area contributed by atoms with Gasteiger partial charge in [-0.1, -0.05) is 42.5 Å². The van der Waals surface area contributed by atoms with Gasteiger partial charge >= 0.3 is 0 Å². The number of benzene rings is 3. The van der Waals surface area contributed by atoms with Gasteiger partial charge in [-0.3, -0.25) is 9.59 Å². The SMILES string of the molecule is CC(NC(=O)C1CCN(C(=O)c2cccc3ccccc23)CC1)c1ccc(F)cc1F. The third-order valence-electron chi connectivity index (χ3n) is 5.96. The molecule has 31 heavy (non-hydrogen) atoms. The fourth-order valence-electron chi connectivity index (χ4n) is 4.19. The van der Waals surface area contributed by atoms with Crippen LogP contribution in [0.15, 0.2) is 60.7 Å². The highest BCUT2D eigenvalue weighted by atomic mass is 19.1. The molecule has 6 heteroatoms. The lowest BCUT2D eigenvalue weighted by atomic mass is 9.94. The van der Waals surface area contributed by atoms with Gasteiger partial charge in [0, 0.05) is 36.2 Å². The van der Waals surface area contributed by atoms with Crippen molar-refractivity contribution in [2.45, 2.75) is 25.8 Å². The second kappa shape index (κ2) is 8.84. The van der Waals surface area contributed by atoms with Crippen LogP contribution in [-0.2, 0) is 4.79 Å². The standard InChI is InChI=1S/C25H24F2N2O2/c1-16(20-10-9-19(26)15-23(20)27)28-24(30)18-11-13-29(14-12-18)25(31)22-8-4-6-17-5-2-3-7-21(17)22/h2-10,15-16,18H,11-14H2,1H3,(H,28,30). The van der Waals surface area contributed by atoms with E-state index >= 15 is 0 Å². The summed E-state index contributed by atoms with van der Waals surface area (Å²) in [6.07, 6.45) is 1.09. The molecule has 0 radical (unpaired) electrons. The van der Waals surface area contributed by atoms with Crippen molar-refractivity contribution in [1.82, 2.24) is 10.2 Å². The maximum absolute atomic E-state index is 14.0. The fourth-order valence-corrected chi connectivity index (χ4v) is 4.19. The molecule has 4 nitrogen and oxygen atoms in total. The summed E-state index contributed by atoms with van der Waals surface area (Å²) < 4.78 is 27.1. The molecule has 4 rings (SSSR count). The minimum Gasteiger partial charge on any atom is -0.349 e. The smallest absolute Gasteiger partial charge is 0.254 e. The number of amides is 2. The Hall–Kier alpha value is -3.28. The third-order valence-corrected chi connectivity index (χ3v) is 5.96. The molecule has 0 aromatic heterocycles. The second-order valence-electron chi connectivity index (χ2n) is 7.99. The topological polar surface area (TPSA) is 49.4 Å². The summed E-state index contributed by atoms with van der Waals surface area (Å²) in [5.74, 6) is -1.78. The molecule has 1 N–H and O–H groups in total. The molecule has 1 heterocycles. The lowest BCUT2D eigenvalue weighted by Gasteiger charge is -2.32. The summed E-state index contributed by atoms with van der Waals surface area (Å²) in [4.78, 5) is 27.5. The molecule has 0 bridgehead atoms. The van der Waals surface area contributed by atoms with Crippen LogP contribution in [0.5, 0.6) is 0 Å². The van der Waals surface area contributed by atoms with E-state index in [2.05, 4.69) is 5.32 Å². The van der Waals surface area contributed by atoms with Crippen LogP contribution in [0.3, 0.4) is 0 Å². The molecule has 0 aliphatic carbocycles. The molecular formula is C25H24F2N2O2. The quantitative estimate of drug-likeness (QED) is 0.654. The molecule has 3 aromatic carbocycles. The summed E-state index contributed by atoms with van der Waals surface area (Å²) in [6, 6.07) is 16.3. The van der Waals surface area contributed by atoms with E-state index in [1.807, 2.05) is 42.5 Å². The first-order valence-corrected chi connectivity index (χ1v) is 10.5. The highest BCUT2D eigenvalue weighted by Crippen LogP contribution is 2.25. The molecule has 1 atom stereocenters. The number of nitrogens with one attached hydrogen (secondary N) is 1. The Morgan fingerprint density at radius 1 is 1.00 bits per heavy atom. The van der Waals surface area contributed by atoms with Gasteiger partial charge in [0.1, 0.15) is 11.6 Å². The average molecular weight is 422 g/mol. The van der Waals surface area contributed by atoms with Crippen molar-refractivity contribution in [3.8, 4) is 0 Å². The van der Waals surface area contributed by atoms with Crippen molar-refractivity contribution in [2.75, 3.05) is 13.1 Å². The molecule has 160 valence electrons. The van der Waals surface area contributed by atoms with Gasteiger partial charge in [0.2, 0.25) is 5.91 Å². The number of rotatable bonds is 4. The van der Waals surface area contributed by atoms with E-state index in [-0.39, 0.29) is 23.3 Å². The zero-order valence-corrected chi connectivity index (χ0v) is 17.3. The van der Waals surface area contributed by atoms with Crippen molar-refractivity contribution in [3.05, 3.63) is 83.4 Å². The molecule has 1 saturated heterocycles. The highest BCUT2D eigenvalue weighted by molar-refractivity contribution is 6.07. The second-order valence-corrected chi connectivity index (χ2v) is 7.99. The number of carbonyl (C=O) groups excluding carboxylic acids is 2. The average Bonchev–Trinajstić information content (AvgIpc) is 2.78. The van der Waals surface area contributed by atoms with Gasteiger partial charge in [-0.15, -0.1) is 0 Å². The van der Waals surface area contributed by atoms with Crippen molar-refractivity contribution >= 4 is 22.6 Å². The van der Waals surface area contributed by atoms with Gasteiger partial charge < -0.3 is 10.2 Å². The lowest BCUT2D eigenvalue weighted by molar-refractivity contribution is -0.127. The van der Waals surface area contributed by atoms with Gasteiger partial charge in [-0.25, -0.2) is 8.78 Å². The van der Waals surface area contributed by atoms with Crippen LogP contribution in [-0.4, -0.2) is 29.8 Å². The molecule has 0 spiro atoms. The summed E-state index contributed by atoms with van der Waals surface area (Å²) in [5.41, 5.74) is 0.916. The van der Waals surface area contributed by atoms with Gasteiger partial charge in [-0.2, -0.15) is 0 Å². The summed E-state index contributed by atoms with van der Waals surface area (Å²) in [5, 5.41) is 4.76. The van der Waals surface area contributed by atoms with E-state index in [1.54, 1.807) is 11.8 Å². The largest absolute Gasteiger partial charge is 0.349 e. The number of halogens is 2. The van der Waals surface area contributed by atoms with E-state index in [1.165, 1.54) is 12.1 Å². The number of hydrogen-bond donors (Lipinski definition) is 1. The summed E-state index contributed by atoms with van der Waals surface area (Å²) >= 11 is 0. The van der Waals surface area contributed by atoms with Crippen LogP contribution in [0.1, 0.15) is 41.7 Å². The van der Waals surface area contributed by atoms with E-state index in [0.29, 0.717) is 31.5 Å². The summed E-state index contributed by atoms with van der Waals surface area (Å²) in [6.45, 7) is 2.65. The van der Waals surface area contributed by atoms with E-state index in [4.69, 9.17) is 0 Å². The van der Waals surface area contributed by atoms with Crippen molar-refractivity contribution in [3.63, 3.8) is 0 Å². The van der Waals surface area contributed by atoms with Crippen LogP contribution in [0.25, 0.3) is 10.8 Å². The van der Waals surface area contributed by atoms with Crippen LogP contribution in [0.4, 0.5) is 8.78 Å². The van der Waals surface area contributed by atoms with Gasteiger partial charge in [0.05, 0.1) is 6.04 Å². The predicted octanol–water partition coefficient (Wildman–Crippen LogP) is 4.85. The van der Waals surface area contributed by atoms with E-state index in [0.717, 1.165) is 16.8 Å². The maximum Gasteiger partial charge on any atom is 0.254 e. The van der Waals surface area contributed by atoms with Gasteiger partial charge in [-0.05, 0) is 42.7 Å². The minimum atomic E-state index is -0.677. The number of carbonyl (C=O) groups is 2. The van der Waals surface area contributed by atoms with Crippen LogP contribution in [0.2, 0.25) is 0 Å². The number of piperidine rings is 1. The molecule has 1 aliphatic rings. The molecule has 1 unspecified atom stereocenters. The number of hydrogen-bond acceptors (Lipinski definition) is 2. The Kier molecular flexibility index (Phi) is 5.98. The lowest BCUT2D eigenvalue weighted by Crippen LogP contribution is -2.43. The molecule has 2 amide bonds. The Bertz CT molecular complexity index is 1120. The van der Waals surface area contributed by atoms with Crippen LogP contribution >= 0.6 is 0 Å². The van der Waals surface area contributed by atoms with Crippen LogP contribution < -0.4 is 5.32 Å². The normalized spacial score (nSPS) is 15.6. The Morgan fingerprint density at radius 3 is 2.45 bits per heavy atom. The highest BCUT2D eigenvalue weighted by Gasteiger charge is 2.29. The molecule has 1 fully saturated rings. The molecular weight excluding hydrogens is 398 g/mol. The number of fused-ring (bicyclic) bond motifs is 1. The first-order chi connectivity index (χ1) is 14.9. The first kappa shape index (κ1) is 21.0. The Morgan fingerprint density at radius 2 is 1.71 bits per heavy atom. The van der Waals surface area contributed by atoms with Gasteiger partial charge in [0.15, 0.2) is 0 Å². The minimum absolute atomic E-state index is 0.0302.